The number of anilines is 2. The molecule has 2 aromatic carbocycles. The molecular formula is C32H48N4O6S2. The van der Waals surface area contributed by atoms with Crippen molar-refractivity contribution in [1.82, 2.24) is 8.61 Å². The molecule has 1 fully saturated rings. The van der Waals surface area contributed by atoms with Crippen LogP contribution < -0.4 is 10.6 Å². The largest absolute Gasteiger partial charge is 0.326 e. The molecule has 0 atom stereocenters. The van der Waals surface area contributed by atoms with Crippen molar-refractivity contribution < 1.29 is 26.4 Å². The first-order valence-electron chi connectivity index (χ1n) is 15.8. The number of hydrogen-bond donors (Lipinski definition) is 2. The first kappa shape index (κ1) is 35.7. The van der Waals surface area contributed by atoms with E-state index in [1.807, 2.05) is 27.7 Å². The predicted octanol–water partition coefficient (Wildman–Crippen LogP) is 5.69. The number of carbonyl (C=O) groups excluding carboxylic acids is 2. The Labute approximate surface area is 263 Å². The number of rotatable bonds is 16. The van der Waals surface area contributed by atoms with Crippen LogP contribution in [0, 0.1) is 11.8 Å². The summed E-state index contributed by atoms with van der Waals surface area (Å²) in [7, 11) is -7.18. The molecule has 1 aliphatic carbocycles. The van der Waals surface area contributed by atoms with Gasteiger partial charge in [0.05, 0.1) is 9.79 Å². The summed E-state index contributed by atoms with van der Waals surface area (Å²) in [4.78, 5) is 26.3. The molecule has 1 saturated carbocycles. The molecule has 0 bridgehead atoms. The van der Waals surface area contributed by atoms with E-state index in [-0.39, 0.29) is 33.4 Å². The molecule has 3 rings (SSSR count). The van der Waals surface area contributed by atoms with E-state index in [1.54, 1.807) is 24.3 Å². The highest BCUT2D eigenvalue weighted by Crippen LogP contribution is 2.31. The summed E-state index contributed by atoms with van der Waals surface area (Å²) in [6.07, 6.45) is 5.15. The third kappa shape index (κ3) is 9.12. The Morgan fingerprint density at radius 3 is 1.09 bits per heavy atom. The van der Waals surface area contributed by atoms with Crippen LogP contribution in [0.1, 0.15) is 79.1 Å². The lowest BCUT2D eigenvalue weighted by molar-refractivity contribution is -0.125. The molecule has 10 nitrogen and oxygen atoms in total. The summed E-state index contributed by atoms with van der Waals surface area (Å²) in [5.41, 5.74) is 1.06. The van der Waals surface area contributed by atoms with Gasteiger partial charge in [-0.3, -0.25) is 9.59 Å². The molecule has 0 spiro atoms. The second-order valence-corrected chi connectivity index (χ2v) is 15.3. The van der Waals surface area contributed by atoms with Crippen LogP contribution in [0.2, 0.25) is 0 Å². The lowest BCUT2D eigenvalue weighted by Crippen LogP contribution is -2.33. The average molecular weight is 649 g/mol. The van der Waals surface area contributed by atoms with Gasteiger partial charge in [0.2, 0.25) is 31.9 Å². The summed E-state index contributed by atoms with van der Waals surface area (Å²) in [5, 5.41) is 5.79. The van der Waals surface area contributed by atoms with Crippen LogP contribution in [0.4, 0.5) is 11.4 Å². The minimum absolute atomic E-state index is 0.143. The first-order chi connectivity index (χ1) is 21.0. The van der Waals surface area contributed by atoms with Gasteiger partial charge in [0.15, 0.2) is 0 Å². The average Bonchev–Trinajstić information content (AvgIpc) is 3.01. The van der Waals surface area contributed by atoms with Crippen molar-refractivity contribution in [3.8, 4) is 0 Å². The molecule has 1 aliphatic rings. The minimum Gasteiger partial charge on any atom is -0.326 e. The molecule has 12 heteroatoms. The highest BCUT2D eigenvalue weighted by molar-refractivity contribution is 7.89. The summed E-state index contributed by atoms with van der Waals surface area (Å²) < 4.78 is 55.0. The quantitative estimate of drug-likeness (QED) is 0.240. The summed E-state index contributed by atoms with van der Waals surface area (Å²) in [6, 6.07) is 12.6. The standard InChI is InChI=1S/C32H48N4O6S2/c1-5-21-35(22-6-2)43(39,40)29-17-13-27(14-18-29)33-31(37)25-9-11-26(12-10-25)32(38)34-28-15-19-30(20-16-28)44(41,42)36(23-7-3)24-8-4/h13-20,25-26H,5-12,21-24H2,1-4H3,(H,33,37)(H,34,38). The normalized spacial score (nSPS) is 17.5. The molecule has 0 heterocycles. The van der Waals surface area contributed by atoms with Gasteiger partial charge in [0.1, 0.15) is 0 Å². The molecule has 0 aliphatic heterocycles. The second kappa shape index (κ2) is 16.5. The molecule has 0 saturated heterocycles. The van der Waals surface area contributed by atoms with Gasteiger partial charge < -0.3 is 10.6 Å². The van der Waals surface area contributed by atoms with Gasteiger partial charge in [0.25, 0.3) is 0 Å². The van der Waals surface area contributed by atoms with Crippen molar-refractivity contribution >= 4 is 43.2 Å². The monoisotopic (exact) mass is 648 g/mol. The van der Waals surface area contributed by atoms with Crippen LogP contribution in [0.15, 0.2) is 58.3 Å². The van der Waals surface area contributed by atoms with Gasteiger partial charge in [-0.05, 0) is 99.9 Å². The summed E-state index contributed by atoms with van der Waals surface area (Å²) in [5.74, 6) is -0.776. The number of sulfonamides is 2. The molecule has 2 amide bonds. The Balaban J connectivity index is 1.52. The van der Waals surface area contributed by atoms with Gasteiger partial charge >= 0.3 is 0 Å². The lowest BCUT2D eigenvalue weighted by atomic mass is 9.81. The van der Waals surface area contributed by atoms with Crippen molar-refractivity contribution in [2.75, 3.05) is 36.8 Å². The topological polar surface area (TPSA) is 133 Å². The molecule has 2 N–H and O–H groups in total. The van der Waals surface area contributed by atoms with Gasteiger partial charge in [-0.15, -0.1) is 0 Å². The number of amides is 2. The fourth-order valence-corrected chi connectivity index (χ4v) is 8.78. The molecule has 2 aromatic rings. The zero-order chi connectivity index (χ0) is 32.3. The van der Waals surface area contributed by atoms with Crippen LogP contribution in [-0.4, -0.2) is 63.4 Å². The van der Waals surface area contributed by atoms with Crippen molar-refractivity contribution in [1.29, 1.82) is 0 Å². The highest BCUT2D eigenvalue weighted by atomic mass is 32.2. The fraction of sp³-hybridized carbons (Fsp3) is 0.562. The van der Waals surface area contributed by atoms with E-state index in [1.165, 1.54) is 32.9 Å². The van der Waals surface area contributed by atoms with Crippen molar-refractivity contribution in [2.24, 2.45) is 11.8 Å². The Bertz CT molecular complexity index is 1310. The van der Waals surface area contributed by atoms with Crippen LogP contribution >= 0.6 is 0 Å². The van der Waals surface area contributed by atoms with E-state index in [0.717, 1.165) is 25.7 Å². The van der Waals surface area contributed by atoms with Gasteiger partial charge in [-0.2, -0.15) is 8.61 Å². The zero-order valence-corrected chi connectivity index (χ0v) is 28.1. The van der Waals surface area contributed by atoms with Crippen LogP contribution in [-0.2, 0) is 29.6 Å². The number of nitrogens with zero attached hydrogens (tertiary/aromatic N) is 2. The molecular weight excluding hydrogens is 601 g/mol. The lowest BCUT2D eigenvalue weighted by Gasteiger charge is -2.27. The predicted molar refractivity (Wildman–Crippen MR) is 174 cm³/mol. The maximum atomic E-state index is 13.0. The number of nitrogens with one attached hydrogen (secondary N) is 2. The Morgan fingerprint density at radius 2 is 0.841 bits per heavy atom. The van der Waals surface area contributed by atoms with E-state index >= 15 is 0 Å². The van der Waals surface area contributed by atoms with Crippen LogP contribution in [0.3, 0.4) is 0 Å². The van der Waals surface area contributed by atoms with E-state index < -0.39 is 20.0 Å². The third-order valence-corrected chi connectivity index (χ3v) is 11.7. The number of benzene rings is 2. The van der Waals surface area contributed by atoms with E-state index in [9.17, 15) is 26.4 Å². The smallest absolute Gasteiger partial charge is 0.243 e. The van der Waals surface area contributed by atoms with E-state index in [0.29, 0.717) is 63.2 Å². The molecule has 0 unspecified atom stereocenters. The number of hydrogen-bond acceptors (Lipinski definition) is 6. The molecule has 0 aromatic heterocycles. The number of carbonyl (C=O) groups is 2. The Morgan fingerprint density at radius 1 is 0.568 bits per heavy atom. The minimum atomic E-state index is -3.59. The maximum absolute atomic E-state index is 13.0. The SMILES string of the molecule is CCCN(CCC)S(=O)(=O)c1ccc(NC(=O)C2CCC(C(=O)Nc3ccc(S(=O)(=O)N(CCC)CCC)cc3)CC2)cc1. The zero-order valence-electron chi connectivity index (χ0n) is 26.4. The molecule has 44 heavy (non-hydrogen) atoms. The van der Waals surface area contributed by atoms with Crippen molar-refractivity contribution in [3.05, 3.63) is 48.5 Å². The molecule has 244 valence electrons. The van der Waals surface area contributed by atoms with Crippen molar-refractivity contribution in [2.45, 2.75) is 88.9 Å². The third-order valence-electron chi connectivity index (χ3n) is 7.88. The fourth-order valence-electron chi connectivity index (χ4n) is 5.53. The second-order valence-electron chi connectivity index (χ2n) is 11.4. The van der Waals surface area contributed by atoms with E-state index in [2.05, 4.69) is 10.6 Å². The van der Waals surface area contributed by atoms with Gasteiger partial charge in [0, 0.05) is 49.4 Å². The Hall–Kier alpha value is -2.80. The summed E-state index contributed by atoms with van der Waals surface area (Å²) in [6.45, 7) is 9.63. The summed E-state index contributed by atoms with van der Waals surface area (Å²) >= 11 is 0. The van der Waals surface area contributed by atoms with Crippen LogP contribution in [0.25, 0.3) is 0 Å². The van der Waals surface area contributed by atoms with Gasteiger partial charge in [-0.1, -0.05) is 27.7 Å². The first-order valence-corrected chi connectivity index (χ1v) is 18.7. The van der Waals surface area contributed by atoms with Crippen molar-refractivity contribution in [3.63, 3.8) is 0 Å². The molecule has 0 radical (unpaired) electrons. The van der Waals surface area contributed by atoms with E-state index in [4.69, 9.17) is 0 Å². The van der Waals surface area contributed by atoms with Gasteiger partial charge in [-0.25, -0.2) is 16.8 Å². The van der Waals surface area contributed by atoms with Crippen LogP contribution in [0.5, 0.6) is 0 Å². The highest BCUT2D eigenvalue weighted by Gasteiger charge is 2.31. The Kier molecular flexibility index (Phi) is 13.4. The maximum Gasteiger partial charge on any atom is 0.243 e.